The molecule has 1 aromatic rings. The maximum Gasteiger partial charge on any atom is 0.312 e. The topological polar surface area (TPSA) is 65.5 Å². The number of rotatable bonds is 4. The van der Waals surface area contributed by atoms with Gasteiger partial charge in [-0.25, -0.2) is 4.98 Å². The molecule has 0 atom stereocenters. The lowest BCUT2D eigenvalue weighted by molar-refractivity contribution is -0.155. The summed E-state index contributed by atoms with van der Waals surface area (Å²) in [6, 6.07) is 3.79. The highest BCUT2D eigenvalue weighted by atomic mass is 16.2. The second-order valence-corrected chi connectivity index (χ2v) is 4.54. The van der Waals surface area contributed by atoms with Crippen molar-refractivity contribution >= 4 is 17.6 Å². The van der Waals surface area contributed by atoms with Crippen molar-refractivity contribution in [2.75, 3.05) is 32.0 Å². The van der Waals surface area contributed by atoms with E-state index < -0.39 is 11.8 Å². The molecule has 6 heteroatoms. The number of nitrogens with zero attached hydrogens (tertiary/aromatic N) is 3. The van der Waals surface area contributed by atoms with Crippen LogP contribution in [-0.4, -0.2) is 53.3 Å². The summed E-state index contributed by atoms with van der Waals surface area (Å²) < 4.78 is 0. The average molecular weight is 262 g/mol. The van der Waals surface area contributed by atoms with Gasteiger partial charge in [-0.1, -0.05) is 6.07 Å². The molecule has 6 nitrogen and oxygen atoms in total. The Morgan fingerprint density at radius 2 is 2.05 bits per heavy atom. The SMILES string of the molecule is CCNc1ccc(CN2CCN(C)C(=O)C2=O)cn1. The Balaban J connectivity index is 2.01. The van der Waals surface area contributed by atoms with Crippen molar-refractivity contribution in [2.24, 2.45) is 0 Å². The van der Waals surface area contributed by atoms with Crippen LogP contribution in [0.15, 0.2) is 18.3 Å². The zero-order valence-electron chi connectivity index (χ0n) is 11.2. The van der Waals surface area contributed by atoms with E-state index in [4.69, 9.17) is 0 Å². The Labute approximate surface area is 112 Å². The van der Waals surface area contributed by atoms with Crippen molar-refractivity contribution in [1.29, 1.82) is 0 Å². The second-order valence-electron chi connectivity index (χ2n) is 4.54. The molecule has 0 bridgehead atoms. The molecule has 0 aliphatic carbocycles. The third kappa shape index (κ3) is 3.01. The van der Waals surface area contributed by atoms with Crippen LogP contribution in [0.25, 0.3) is 0 Å². The van der Waals surface area contributed by atoms with E-state index in [2.05, 4.69) is 10.3 Å². The van der Waals surface area contributed by atoms with Gasteiger partial charge in [-0.15, -0.1) is 0 Å². The monoisotopic (exact) mass is 262 g/mol. The third-order valence-corrected chi connectivity index (χ3v) is 3.08. The molecule has 2 rings (SSSR count). The van der Waals surface area contributed by atoms with Gasteiger partial charge in [-0.05, 0) is 18.6 Å². The first-order valence-corrected chi connectivity index (χ1v) is 6.35. The molecule has 102 valence electrons. The summed E-state index contributed by atoms with van der Waals surface area (Å²) in [4.78, 5) is 30.6. The molecule has 0 spiro atoms. The van der Waals surface area contributed by atoms with Crippen molar-refractivity contribution in [3.8, 4) is 0 Å². The number of carbonyl (C=O) groups excluding carboxylic acids is 2. The number of piperazine rings is 1. The highest BCUT2D eigenvalue weighted by molar-refractivity contribution is 6.35. The molecule has 1 fully saturated rings. The Bertz CT molecular complexity index is 472. The van der Waals surface area contributed by atoms with Gasteiger partial charge in [0.25, 0.3) is 0 Å². The molecule has 0 radical (unpaired) electrons. The van der Waals surface area contributed by atoms with Crippen LogP contribution in [-0.2, 0) is 16.1 Å². The van der Waals surface area contributed by atoms with Crippen LogP contribution in [0.3, 0.4) is 0 Å². The van der Waals surface area contributed by atoms with E-state index in [0.717, 1.165) is 17.9 Å². The number of anilines is 1. The predicted octanol–water partition coefficient (Wildman–Crippen LogP) is 0.314. The first-order chi connectivity index (χ1) is 9.11. The minimum atomic E-state index is -0.441. The normalized spacial score (nSPS) is 15.9. The zero-order chi connectivity index (χ0) is 13.8. The number of amides is 2. The van der Waals surface area contributed by atoms with Crippen LogP contribution >= 0.6 is 0 Å². The fraction of sp³-hybridized carbons (Fsp3) is 0.462. The number of carbonyl (C=O) groups is 2. The van der Waals surface area contributed by atoms with Crippen LogP contribution in [0.1, 0.15) is 12.5 Å². The van der Waals surface area contributed by atoms with Gasteiger partial charge < -0.3 is 15.1 Å². The standard InChI is InChI=1S/C13H18N4O2/c1-3-14-11-5-4-10(8-15-11)9-17-7-6-16(2)12(18)13(17)19/h4-5,8H,3,6-7,9H2,1-2H3,(H,14,15). The Morgan fingerprint density at radius 3 is 2.68 bits per heavy atom. The fourth-order valence-electron chi connectivity index (χ4n) is 1.95. The van der Waals surface area contributed by atoms with Gasteiger partial charge in [0, 0.05) is 39.4 Å². The van der Waals surface area contributed by atoms with Crippen LogP contribution in [0.2, 0.25) is 0 Å². The number of hydrogen-bond donors (Lipinski definition) is 1. The number of aromatic nitrogens is 1. The number of pyridine rings is 1. The van der Waals surface area contributed by atoms with E-state index in [-0.39, 0.29) is 0 Å². The first-order valence-electron chi connectivity index (χ1n) is 6.35. The average Bonchev–Trinajstić information content (AvgIpc) is 2.42. The minimum Gasteiger partial charge on any atom is -0.370 e. The van der Waals surface area contributed by atoms with Crippen LogP contribution in [0, 0.1) is 0 Å². The maximum atomic E-state index is 11.8. The summed E-state index contributed by atoms with van der Waals surface area (Å²) in [5.74, 6) is -0.0694. The Morgan fingerprint density at radius 1 is 1.26 bits per heavy atom. The second kappa shape index (κ2) is 5.69. The highest BCUT2D eigenvalue weighted by Crippen LogP contribution is 2.11. The Kier molecular flexibility index (Phi) is 3.99. The molecule has 0 saturated carbocycles. The third-order valence-electron chi connectivity index (χ3n) is 3.08. The van der Waals surface area contributed by atoms with Crippen LogP contribution in [0.4, 0.5) is 5.82 Å². The number of nitrogens with one attached hydrogen (secondary N) is 1. The van der Waals surface area contributed by atoms with Gasteiger partial charge >= 0.3 is 11.8 Å². The van der Waals surface area contributed by atoms with Crippen molar-refractivity contribution in [3.63, 3.8) is 0 Å². The molecule has 0 aromatic carbocycles. The van der Waals surface area contributed by atoms with Gasteiger partial charge in [0.2, 0.25) is 0 Å². The van der Waals surface area contributed by atoms with E-state index in [1.54, 1.807) is 18.1 Å². The molecule has 19 heavy (non-hydrogen) atoms. The van der Waals surface area contributed by atoms with Gasteiger partial charge in [0.05, 0.1) is 0 Å². The quantitative estimate of drug-likeness (QED) is 0.793. The molecule has 0 unspecified atom stereocenters. The van der Waals surface area contributed by atoms with E-state index in [1.807, 2.05) is 19.1 Å². The van der Waals surface area contributed by atoms with Gasteiger partial charge in [0.15, 0.2) is 0 Å². The van der Waals surface area contributed by atoms with E-state index >= 15 is 0 Å². The molecular formula is C13H18N4O2. The van der Waals surface area contributed by atoms with Crippen molar-refractivity contribution < 1.29 is 9.59 Å². The molecule has 2 heterocycles. The summed E-state index contributed by atoms with van der Waals surface area (Å²) in [5.41, 5.74) is 0.923. The molecular weight excluding hydrogens is 244 g/mol. The molecule has 1 aliphatic rings. The van der Waals surface area contributed by atoms with Gasteiger partial charge in [-0.2, -0.15) is 0 Å². The largest absolute Gasteiger partial charge is 0.370 e. The van der Waals surface area contributed by atoms with E-state index in [9.17, 15) is 9.59 Å². The molecule has 1 aliphatic heterocycles. The van der Waals surface area contributed by atoms with E-state index in [1.165, 1.54) is 4.90 Å². The van der Waals surface area contributed by atoms with E-state index in [0.29, 0.717) is 19.6 Å². The first kappa shape index (κ1) is 13.3. The van der Waals surface area contributed by atoms with Crippen LogP contribution in [0.5, 0.6) is 0 Å². The predicted molar refractivity (Wildman–Crippen MR) is 71.5 cm³/mol. The smallest absolute Gasteiger partial charge is 0.312 e. The van der Waals surface area contributed by atoms with Crippen molar-refractivity contribution in [3.05, 3.63) is 23.9 Å². The summed E-state index contributed by atoms with van der Waals surface area (Å²) >= 11 is 0. The molecule has 1 saturated heterocycles. The number of likely N-dealkylation sites (N-methyl/N-ethyl adjacent to an activating group) is 1. The summed E-state index contributed by atoms with van der Waals surface area (Å²) in [6.07, 6.45) is 1.73. The summed E-state index contributed by atoms with van der Waals surface area (Å²) in [7, 11) is 1.64. The Hall–Kier alpha value is -2.11. The number of hydrogen-bond acceptors (Lipinski definition) is 4. The van der Waals surface area contributed by atoms with Gasteiger partial charge in [0.1, 0.15) is 5.82 Å². The highest BCUT2D eigenvalue weighted by Gasteiger charge is 2.29. The lowest BCUT2D eigenvalue weighted by Crippen LogP contribution is -2.52. The van der Waals surface area contributed by atoms with Crippen molar-refractivity contribution in [1.82, 2.24) is 14.8 Å². The lowest BCUT2D eigenvalue weighted by atomic mass is 10.2. The fourth-order valence-corrected chi connectivity index (χ4v) is 1.95. The zero-order valence-corrected chi connectivity index (χ0v) is 11.2. The maximum absolute atomic E-state index is 11.8. The summed E-state index contributed by atoms with van der Waals surface area (Å²) in [6.45, 7) is 4.39. The molecule has 1 N–H and O–H groups in total. The van der Waals surface area contributed by atoms with Gasteiger partial charge in [-0.3, -0.25) is 9.59 Å². The minimum absolute atomic E-state index is 0.428. The molecule has 1 aromatic heterocycles. The van der Waals surface area contributed by atoms with Crippen LogP contribution < -0.4 is 5.32 Å². The summed E-state index contributed by atoms with van der Waals surface area (Å²) in [5, 5.41) is 3.11. The van der Waals surface area contributed by atoms with Crippen molar-refractivity contribution in [2.45, 2.75) is 13.5 Å². The lowest BCUT2D eigenvalue weighted by Gasteiger charge is -2.31. The molecule has 2 amide bonds.